The van der Waals surface area contributed by atoms with Gasteiger partial charge in [0.2, 0.25) is 0 Å². The molecular weight excluding hydrogens is 407 g/mol. The van der Waals surface area contributed by atoms with Gasteiger partial charge in [-0.2, -0.15) is 18.3 Å². The lowest BCUT2D eigenvalue weighted by Crippen LogP contribution is -2.18. The van der Waals surface area contributed by atoms with Crippen molar-refractivity contribution < 1.29 is 22.0 Å². The molecule has 6 nitrogen and oxygen atoms in total. The van der Waals surface area contributed by atoms with Crippen LogP contribution in [0.3, 0.4) is 0 Å². The molecule has 0 saturated carbocycles. The second-order valence-electron chi connectivity index (χ2n) is 6.18. The number of nitrogens with zero attached hydrogens (tertiary/aromatic N) is 5. The SMILES string of the molecule is N=c1c2ncn(-c3ccc(C(F)(F)F)cc3)c2ncn1/N=C\c1ccc(F)cc1F. The van der Waals surface area contributed by atoms with E-state index in [-0.39, 0.29) is 22.2 Å². The largest absolute Gasteiger partial charge is 0.416 e. The number of benzene rings is 2. The number of nitrogens with one attached hydrogen (secondary N) is 1. The number of alkyl halides is 3. The van der Waals surface area contributed by atoms with E-state index in [1.165, 1.54) is 35.4 Å². The van der Waals surface area contributed by atoms with Gasteiger partial charge in [-0.1, -0.05) is 0 Å². The quantitative estimate of drug-likeness (QED) is 0.405. The van der Waals surface area contributed by atoms with Crippen molar-refractivity contribution in [1.29, 1.82) is 5.41 Å². The molecule has 0 fully saturated rings. The van der Waals surface area contributed by atoms with Crippen molar-refractivity contribution in [2.75, 3.05) is 0 Å². The molecule has 152 valence electrons. The third-order valence-electron chi connectivity index (χ3n) is 4.24. The normalized spacial score (nSPS) is 12.2. The molecule has 30 heavy (non-hydrogen) atoms. The molecular formula is C19H11F5N6. The Morgan fingerprint density at radius 1 is 0.967 bits per heavy atom. The van der Waals surface area contributed by atoms with Crippen LogP contribution in [0.15, 0.2) is 60.2 Å². The lowest BCUT2D eigenvalue weighted by atomic mass is 10.2. The van der Waals surface area contributed by atoms with Crippen LogP contribution in [0, 0.1) is 17.0 Å². The van der Waals surface area contributed by atoms with Crippen molar-refractivity contribution in [3.63, 3.8) is 0 Å². The molecule has 11 heteroatoms. The van der Waals surface area contributed by atoms with Crippen LogP contribution in [-0.2, 0) is 6.18 Å². The number of aromatic nitrogens is 4. The maximum atomic E-state index is 13.7. The van der Waals surface area contributed by atoms with Crippen molar-refractivity contribution in [3.8, 4) is 5.69 Å². The van der Waals surface area contributed by atoms with E-state index in [0.29, 0.717) is 11.8 Å². The van der Waals surface area contributed by atoms with E-state index in [4.69, 9.17) is 5.41 Å². The van der Waals surface area contributed by atoms with Crippen LogP contribution >= 0.6 is 0 Å². The molecule has 0 unspecified atom stereocenters. The molecule has 0 aliphatic carbocycles. The summed E-state index contributed by atoms with van der Waals surface area (Å²) < 4.78 is 67.4. The van der Waals surface area contributed by atoms with Crippen LogP contribution in [0.25, 0.3) is 16.9 Å². The maximum Gasteiger partial charge on any atom is 0.416 e. The average Bonchev–Trinajstić information content (AvgIpc) is 3.13. The van der Waals surface area contributed by atoms with Gasteiger partial charge in [-0.3, -0.25) is 9.98 Å². The van der Waals surface area contributed by atoms with Crippen LogP contribution in [0.1, 0.15) is 11.1 Å². The Bertz CT molecular complexity index is 1320. The molecule has 0 bridgehead atoms. The summed E-state index contributed by atoms with van der Waals surface area (Å²) in [6.07, 6.45) is -0.834. The molecule has 1 N–H and O–H groups in total. The van der Waals surface area contributed by atoms with Gasteiger partial charge in [0, 0.05) is 17.3 Å². The highest BCUT2D eigenvalue weighted by molar-refractivity contribution is 5.80. The van der Waals surface area contributed by atoms with E-state index in [1.807, 2.05) is 0 Å². The minimum atomic E-state index is -4.45. The van der Waals surface area contributed by atoms with Crippen LogP contribution in [-0.4, -0.2) is 25.4 Å². The number of hydrogen-bond acceptors (Lipinski definition) is 4. The van der Waals surface area contributed by atoms with E-state index < -0.39 is 23.4 Å². The fourth-order valence-corrected chi connectivity index (χ4v) is 2.73. The Labute approximate surface area is 165 Å². The summed E-state index contributed by atoms with van der Waals surface area (Å²) in [5, 5.41) is 12.2. The molecule has 2 aromatic heterocycles. The Balaban J connectivity index is 1.70. The first-order valence-electron chi connectivity index (χ1n) is 8.40. The number of rotatable bonds is 3. The topological polar surface area (TPSA) is 71.8 Å². The summed E-state index contributed by atoms with van der Waals surface area (Å²) in [7, 11) is 0. The molecule has 0 aliphatic rings. The molecule has 0 aliphatic heterocycles. The first kappa shape index (κ1) is 19.4. The van der Waals surface area contributed by atoms with Gasteiger partial charge in [0.1, 0.15) is 24.3 Å². The molecule has 0 atom stereocenters. The lowest BCUT2D eigenvalue weighted by molar-refractivity contribution is -0.137. The predicted molar refractivity (Wildman–Crippen MR) is 97.1 cm³/mol. The van der Waals surface area contributed by atoms with Crippen LogP contribution in [0.4, 0.5) is 22.0 Å². The summed E-state index contributed by atoms with van der Waals surface area (Å²) in [5.41, 5.74) is -0.201. The number of halogens is 5. The van der Waals surface area contributed by atoms with Gasteiger partial charge >= 0.3 is 6.18 Å². The summed E-state index contributed by atoms with van der Waals surface area (Å²) in [5.74, 6) is -1.54. The molecule has 0 amide bonds. The summed E-state index contributed by atoms with van der Waals surface area (Å²) in [6.45, 7) is 0. The zero-order valence-corrected chi connectivity index (χ0v) is 14.9. The number of fused-ring (bicyclic) bond motifs is 1. The highest BCUT2D eigenvalue weighted by atomic mass is 19.4. The second kappa shape index (κ2) is 7.17. The van der Waals surface area contributed by atoms with Crippen molar-refractivity contribution in [3.05, 3.63) is 83.4 Å². The summed E-state index contributed by atoms with van der Waals surface area (Å²) in [6, 6.07) is 7.40. The molecule has 4 aromatic rings. The van der Waals surface area contributed by atoms with E-state index >= 15 is 0 Å². The van der Waals surface area contributed by atoms with E-state index in [2.05, 4.69) is 15.1 Å². The Morgan fingerprint density at radius 2 is 1.70 bits per heavy atom. The highest BCUT2D eigenvalue weighted by Crippen LogP contribution is 2.29. The minimum absolute atomic E-state index is 0.0127. The van der Waals surface area contributed by atoms with Crippen LogP contribution in [0.2, 0.25) is 0 Å². The number of hydrogen-bond donors (Lipinski definition) is 1. The van der Waals surface area contributed by atoms with E-state index in [1.54, 1.807) is 0 Å². The third-order valence-corrected chi connectivity index (χ3v) is 4.24. The Kier molecular flexibility index (Phi) is 4.65. The van der Waals surface area contributed by atoms with Gasteiger partial charge in [0.05, 0.1) is 11.8 Å². The van der Waals surface area contributed by atoms with Gasteiger partial charge in [-0.15, -0.1) is 0 Å². The van der Waals surface area contributed by atoms with Crippen molar-refractivity contribution in [2.45, 2.75) is 6.18 Å². The van der Waals surface area contributed by atoms with Crippen LogP contribution in [0.5, 0.6) is 0 Å². The van der Waals surface area contributed by atoms with Gasteiger partial charge < -0.3 is 0 Å². The minimum Gasteiger partial charge on any atom is -0.283 e. The second-order valence-corrected chi connectivity index (χ2v) is 6.18. The van der Waals surface area contributed by atoms with E-state index in [0.717, 1.165) is 29.1 Å². The lowest BCUT2D eigenvalue weighted by Gasteiger charge is -2.08. The first-order chi connectivity index (χ1) is 14.2. The first-order valence-corrected chi connectivity index (χ1v) is 8.40. The fourth-order valence-electron chi connectivity index (χ4n) is 2.73. The van der Waals surface area contributed by atoms with Crippen LogP contribution < -0.4 is 5.49 Å². The Morgan fingerprint density at radius 3 is 2.37 bits per heavy atom. The maximum absolute atomic E-state index is 13.7. The summed E-state index contributed by atoms with van der Waals surface area (Å²) >= 11 is 0. The van der Waals surface area contributed by atoms with Crippen molar-refractivity contribution in [1.82, 2.24) is 19.2 Å². The zero-order valence-electron chi connectivity index (χ0n) is 14.9. The van der Waals surface area contributed by atoms with Gasteiger partial charge in [0.25, 0.3) is 0 Å². The Hall–Kier alpha value is -3.89. The van der Waals surface area contributed by atoms with E-state index in [9.17, 15) is 22.0 Å². The summed E-state index contributed by atoms with van der Waals surface area (Å²) in [4.78, 5) is 8.23. The van der Waals surface area contributed by atoms with Crippen molar-refractivity contribution >= 4 is 17.4 Å². The third kappa shape index (κ3) is 3.56. The highest BCUT2D eigenvalue weighted by Gasteiger charge is 2.30. The van der Waals surface area contributed by atoms with Gasteiger partial charge in [0.15, 0.2) is 16.7 Å². The molecule has 0 spiro atoms. The molecule has 2 heterocycles. The van der Waals surface area contributed by atoms with Gasteiger partial charge in [-0.25, -0.2) is 23.4 Å². The molecule has 2 aromatic carbocycles. The standard InChI is InChI=1S/C19H11F5N6/c20-13-4-1-11(15(21)7-13)8-28-30-10-27-18-16(17(30)25)26-9-29(18)14-5-2-12(3-6-14)19(22,23)24/h1-10,25H/b25-17?,28-8-. The predicted octanol–water partition coefficient (Wildman–Crippen LogP) is 3.88. The number of imidazole rings is 1. The van der Waals surface area contributed by atoms with Gasteiger partial charge in [-0.05, 0) is 36.4 Å². The smallest absolute Gasteiger partial charge is 0.283 e. The zero-order chi connectivity index (χ0) is 21.5. The monoisotopic (exact) mass is 418 g/mol. The molecule has 0 saturated heterocycles. The average molecular weight is 418 g/mol. The molecule has 0 radical (unpaired) electrons. The molecule has 4 rings (SSSR count). The van der Waals surface area contributed by atoms with Crippen molar-refractivity contribution in [2.24, 2.45) is 5.10 Å². The fraction of sp³-hybridized carbons (Fsp3) is 0.0526.